The van der Waals surface area contributed by atoms with Crippen molar-refractivity contribution in [1.29, 1.82) is 0 Å². The number of alkyl halides is 3. The van der Waals surface area contributed by atoms with Crippen molar-refractivity contribution in [3.8, 4) is 0 Å². The van der Waals surface area contributed by atoms with Gasteiger partial charge in [-0.1, -0.05) is 0 Å². The van der Waals surface area contributed by atoms with Crippen molar-refractivity contribution in [2.24, 2.45) is 0 Å². The van der Waals surface area contributed by atoms with E-state index in [-0.39, 0.29) is 5.56 Å². The first-order valence-electron chi connectivity index (χ1n) is 6.06. The summed E-state index contributed by atoms with van der Waals surface area (Å²) in [6, 6.07) is 4.38. The third-order valence-corrected chi connectivity index (χ3v) is 2.53. The molecule has 0 saturated carbocycles. The number of esters is 1. The molecule has 0 bridgehead atoms. The minimum Gasteiger partial charge on any atom is -0.452 e. The largest absolute Gasteiger partial charge is 0.452 e. The summed E-state index contributed by atoms with van der Waals surface area (Å²) < 4.78 is 40.3. The Balaban J connectivity index is 1.92. The smallest absolute Gasteiger partial charge is 0.405 e. The van der Waals surface area contributed by atoms with Gasteiger partial charge in [-0.3, -0.25) is 14.8 Å². The molecule has 1 N–H and O–H groups in total. The Morgan fingerprint density at radius 2 is 1.82 bits per heavy atom. The highest BCUT2D eigenvalue weighted by Crippen LogP contribution is 2.13. The van der Waals surface area contributed by atoms with Gasteiger partial charge in [-0.05, 0) is 18.2 Å². The monoisotopic (exact) mass is 313 g/mol. The van der Waals surface area contributed by atoms with E-state index >= 15 is 0 Å². The zero-order valence-electron chi connectivity index (χ0n) is 11.1. The fourth-order valence-electron chi connectivity index (χ4n) is 1.55. The van der Waals surface area contributed by atoms with Gasteiger partial charge in [0.15, 0.2) is 6.61 Å². The lowest BCUT2D eigenvalue weighted by Gasteiger charge is -2.09. The van der Waals surface area contributed by atoms with E-state index in [1.165, 1.54) is 24.5 Å². The molecule has 22 heavy (non-hydrogen) atoms. The van der Waals surface area contributed by atoms with Crippen LogP contribution in [0.15, 0.2) is 30.6 Å². The van der Waals surface area contributed by atoms with Gasteiger partial charge in [0.25, 0.3) is 5.91 Å². The lowest BCUT2D eigenvalue weighted by molar-refractivity contribution is -0.140. The second kappa shape index (κ2) is 6.37. The molecular weight excluding hydrogens is 303 g/mol. The number of carbonyl (C=O) groups excluding carboxylic acids is 2. The van der Waals surface area contributed by atoms with E-state index in [1.807, 2.05) is 0 Å². The van der Waals surface area contributed by atoms with Crippen molar-refractivity contribution in [2.45, 2.75) is 6.18 Å². The molecule has 0 fully saturated rings. The highest BCUT2D eigenvalue weighted by molar-refractivity contribution is 5.94. The van der Waals surface area contributed by atoms with E-state index in [0.717, 1.165) is 0 Å². The Bertz CT molecular complexity index is 703. The van der Waals surface area contributed by atoms with Crippen LogP contribution in [0.25, 0.3) is 11.0 Å². The normalized spacial score (nSPS) is 11.2. The number of fused-ring (bicyclic) bond motifs is 1. The lowest BCUT2D eigenvalue weighted by atomic mass is 10.2. The van der Waals surface area contributed by atoms with Crippen molar-refractivity contribution in [3.63, 3.8) is 0 Å². The zero-order chi connectivity index (χ0) is 16.2. The minimum atomic E-state index is -4.52. The van der Waals surface area contributed by atoms with Crippen molar-refractivity contribution in [3.05, 3.63) is 36.2 Å². The standard InChI is InChI=1S/C13H10F3N3O3/c14-13(15,16)7-19-11(20)6-22-12(21)8-1-2-9-10(5-8)18-4-3-17-9/h1-5H,6-7H2,(H,19,20). The minimum absolute atomic E-state index is 0.122. The van der Waals surface area contributed by atoms with Gasteiger partial charge in [0.1, 0.15) is 6.54 Å². The molecule has 116 valence electrons. The van der Waals surface area contributed by atoms with Gasteiger partial charge in [0.05, 0.1) is 16.6 Å². The Morgan fingerprint density at radius 1 is 1.14 bits per heavy atom. The van der Waals surface area contributed by atoms with Gasteiger partial charge in [-0.2, -0.15) is 13.2 Å². The van der Waals surface area contributed by atoms with Crippen LogP contribution >= 0.6 is 0 Å². The number of hydrogen-bond acceptors (Lipinski definition) is 5. The Kier molecular flexibility index (Phi) is 4.54. The van der Waals surface area contributed by atoms with Gasteiger partial charge in [-0.25, -0.2) is 4.79 Å². The number of rotatable bonds is 4. The number of benzene rings is 1. The van der Waals surface area contributed by atoms with Crippen molar-refractivity contribution in [2.75, 3.05) is 13.2 Å². The Morgan fingerprint density at radius 3 is 2.50 bits per heavy atom. The first-order chi connectivity index (χ1) is 10.3. The molecule has 0 atom stereocenters. The summed E-state index contributed by atoms with van der Waals surface area (Å²) in [6.07, 6.45) is -1.58. The number of aromatic nitrogens is 2. The molecule has 0 aliphatic carbocycles. The summed E-state index contributed by atoms with van der Waals surface area (Å²) >= 11 is 0. The van der Waals surface area contributed by atoms with Crippen LogP contribution in [0.1, 0.15) is 10.4 Å². The van der Waals surface area contributed by atoms with Gasteiger partial charge in [0.2, 0.25) is 0 Å². The third kappa shape index (κ3) is 4.40. The molecule has 1 amide bonds. The summed E-state index contributed by atoms with van der Waals surface area (Å²) in [5.41, 5.74) is 1.15. The van der Waals surface area contributed by atoms with Crippen LogP contribution in [0.4, 0.5) is 13.2 Å². The highest BCUT2D eigenvalue weighted by atomic mass is 19.4. The first-order valence-corrected chi connectivity index (χ1v) is 6.06. The summed E-state index contributed by atoms with van der Waals surface area (Å²) in [6.45, 7) is -2.28. The van der Waals surface area contributed by atoms with Gasteiger partial charge in [-0.15, -0.1) is 0 Å². The van der Waals surface area contributed by atoms with Gasteiger partial charge >= 0.3 is 12.1 Å². The average molecular weight is 313 g/mol. The van der Waals surface area contributed by atoms with E-state index in [9.17, 15) is 22.8 Å². The Hall–Kier alpha value is -2.71. The van der Waals surface area contributed by atoms with Crippen LogP contribution in [0, 0.1) is 0 Å². The van der Waals surface area contributed by atoms with E-state index in [1.54, 1.807) is 11.4 Å². The van der Waals surface area contributed by atoms with E-state index in [4.69, 9.17) is 0 Å². The zero-order valence-corrected chi connectivity index (χ0v) is 11.1. The van der Waals surface area contributed by atoms with Crippen LogP contribution < -0.4 is 5.32 Å². The second-order valence-corrected chi connectivity index (χ2v) is 4.23. The molecule has 0 aliphatic rings. The number of ether oxygens (including phenoxy) is 1. The molecule has 1 aromatic carbocycles. The van der Waals surface area contributed by atoms with Gasteiger partial charge in [0, 0.05) is 12.4 Å². The molecule has 2 aromatic rings. The number of halogens is 3. The maximum absolute atomic E-state index is 11.9. The molecule has 9 heteroatoms. The second-order valence-electron chi connectivity index (χ2n) is 4.23. The van der Waals surface area contributed by atoms with E-state index in [2.05, 4.69) is 14.7 Å². The number of nitrogens with zero attached hydrogens (tertiary/aromatic N) is 2. The predicted octanol–water partition coefficient (Wildman–Crippen LogP) is 1.47. The SMILES string of the molecule is O=C(COC(=O)c1ccc2nccnc2c1)NCC(F)(F)F. The number of hydrogen-bond donors (Lipinski definition) is 1. The molecule has 0 radical (unpaired) electrons. The maximum atomic E-state index is 11.9. The number of amides is 1. The average Bonchev–Trinajstić information content (AvgIpc) is 2.49. The van der Waals surface area contributed by atoms with Crippen LogP contribution in [-0.4, -0.2) is 41.2 Å². The predicted molar refractivity (Wildman–Crippen MR) is 68.9 cm³/mol. The topological polar surface area (TPSA) is 81.2 Å². The molecule has 1 aromatic heterocycles. The first kappa shape index (κ1) is 15.7. The van der Waals surface area contributed by atoms with Crippen molar-refractivity contribution in [1.82, 2.24) is 15.3 Å². The number of nitrogens with one attached hydrogen (secondary N) is 1. The molecule has 0 spiro atoms. The summed E-state index contributed by atoms with van der Waals surface area (Å²) in [7, 11) is 0. The molecular formula is C13H10F3N3O3. The molecule has 0 unspecified atom stereocenters. The summed E-state index contributed by atoms with van der Waals surface area (Å²) in [5.74, 6) is -1.87. The summed E-state index contributed by atoms with van der Waals surface area (Å²) in [5, 5.41) is 1.60. The van der Waals surface area contributed by atoms with Crippen molar-refractivity contribution >= 4 is 22.9 Å². The fraction of sp³-hybridized carbons (Fsp3) is 0.231. The highest BCUT2D eigenvalue weighted by Gasteiger charge is 2.27. The molecule has 2 rings (SSSR count). The van der Waals surface area contributed by atoms with Crippen LogP contribution in [0.2, 0.25) is 0 Å². The molecule has 1 heterocycles. The van der Waals surface area contributed by atoms with Crippen LogP contribution in [-0.2, 0) is 9.53 Å². The van der Waals surface area contributed by atoms with Gasteiger partial charge < -0.3 is 10.1 Å². The Labute approximate surface area is 122 Å². The maximum Gasteiger partial charge on any atom is 0.405 e. The van der Waals surface area contributed by atoms with E-state index < -0.39 is 31.2 Å². The summed E-state index contributed by atoms with van der Waals surface area (Å²) in [4.78, 5) is 30.9. The molecule has 0 aliphatic heterocycles. The van der Waals surface area contributed by atoms with Crippen LogP contribution in [0.3, 0.4) is 0 Å². The lowest BCUT2D eigenvalue weighted by Crippen LogP contribution is -2.36. The fourth-order valence-corrected chi connectivity index (χ4v) is 1.55. The number of carbonyl (C=O) groups is 2. The molecule has 0 saturated heterocycles. The van der Waals surface area contributed by atoms with E-state index in [0.29, 0.717) is 11.0 Å². The molecule has 6 nitrogen and oxygen atoms in total. The van der Waals surface area contributed by atoms with Crippen LogP contribution in [0.5, 0.6) is 0 Å². The van der Waals surface area contributed by atoms with Crippen molar-refractivity contribution < 1.29 is 27.5 Å². The third-order valence-electron chi connectivity index (χ3n) is 2.53. The quantitative estimate of drug-likeness (QED) is 0.864.